The number of hydrogen-bond donors (Lipinski definition) is 2. The van der Waals surface area contributed by atoms with Crippen molar-refractivity contribution in [3.63, 3.8) is 0 Å². The average molecular weight is 390 g/mol. The third-order valence-electron chi connectivity index (χ3n) is 3.76. The van der Waals surface area contributed by atoms with Crippen LogP contribution in [0.2, 0.25) is 0 Å². The summed E-state index contributed by atoms with van der Waals surface area (Å²) in [6.07, 6.45) is 0. The van der Waals surface area contributed by atoms with E-state index >= 15 is 0 Å². The topological polar surface area (TPSA) is 93.7 Å². The van der Waals surface area contributed by atoms with E-state index in [2.05, 4.69) is 10.0 Å². The highest BCUT2D eigenvalue weighted by Crippen LogP contribution is 2.32. The van der Waals surface area contributed by atoms with Gasteiger partial charge in [0.15, 0.2) is 11.5 Å². The SMILES string of the molecule is CC(C)(C)NS(=O)(=O)c1ccc(C(=O)NCc2ccc3c(c2)OCO3)cc1. The Bertz CT molecular complexity index is 947. The summed E-state index contributed by atoms with van der Waals surface area (Å²) < 4.78 is 37.7. The van der Waals surface area contributed by atoms with Crippen LogP contribution in [-0.4, -0.2) is 26.7 Å². The number of sulfonamides is 1. The molecule has 2 aromatic carbocycles. The van der Waals surface area contributed by atoms with Gasteiger partial charge in [0.25, 0.3) is 5.91 Å². The van der Waals surface area contributed by atoms with Crippen molar-refractivity contribution in [2.75, 3.05) is 6.79 Å². The summed E-state index contributed by atoms with van der Waals surface area (Å²) in [6.45, 7) is 5.82. The second kappa shape index (κ2) is 7.21. The number of fused-ring (bicyclic) bond motifs is 1. The van der Waals surface area contributed by atoms with Gasteiger partial charge in [-0.3, -0.25) is 4.79 Å². The highest BCUT2D eigenvalue weighted by molar-refractivity contribution is 7.89. The smallest absolute Gasteiger partial charge is 0.251 e. The molecule has 0 unspecified atom stereocenters. The van der Waals surface area contributed by atoms with E-state index in [0.29, 0.717) is 23.6 Å². The maximum absolute atomic E-state index is 12.3. The van der Waals surface area contributed by atoms with Crippen LogP contribution in [0.15, 0.2) is 47.4 Å². The predicted molar refractivity (Wildman–Crippen MR) is 100 cm³/mol. The Hall–Kier alpha value is -2.58. The molecule has 8 heteroatoms. The maximum atomic E-state index is 12.3. The van der Waals surface area contributed by atoms with Crippen LogP contribution in [0.25, 0.3) is 0 Å². The van der Waals surface area contributed by atoms with Gasteiger partial charge in [-0.1, -0.05) is 6.07 Å². The summed E-state index contributed by atoms with van der Waals surface area (Å²) >= 11 is 0. The quantitative estimate of drug-likeness (QED) is 0.818. The van der Waals surface area contributed by atoms with Crippen LogP contribution >= 0.6 is 0 Å². The first-order valence-corrected chi connectivity index (χ1v) is 9.93. The summed E-state index contributed by atoms with van der Waals surface area (Å²) in [4.78, 5) is 12.4. The van der Waals surface area contributed by atoms with Crippen LogP contribution in [0, 0.1) is 0 Å². The molecule has 1 heterocycles. The normalized spacial score (nSPS) is 13.4. The molecule has 7 nitrogen and oxygen atoms in total. The molecule has 3 rings (SSSR count). The van der Waals surface area contributed by atoms with Crippen LogP contribution in [0.3, 0.4) is 0 Å². The van der Waals surface area contributed by atoms with Crippen molar-refractivity contribution in [3.05, 3.63) is 53.6 Å². The van der Waals surface area contributed by atoms with Crippen molar-refractivity contribution in [1.82, 2.24) is 10.0 Å². The lowest BCUT2D eigenvalue weighted by atomic mass is 10.1. The molecule has 0 bridgehead atoms. The van der Waals surface area contributed by atoms with Crippen LogP contribution in [0.1, 0.15) is 36.7 Å². The average Bonchev–Trinajstić information content (AvgIpc) is 3.05. The molecule has 0 aromatic heterocycles. The fourth-order valence-electron chi connectivity index (χ4n) is 2.58. The first kappa shape index (κ1) is 19.2. The molecule has 0 saturated heterocycles. The van der Waals surface area contributed by atoms with E-state index in [1.165, 1.54) is 24.3 Å². The van der Waals surface area contributed by atoms with E-state index in [0.717, 1.165) is 5.56 Å². The lowest BCUT2D eigenvalue weighted by molar-refractivity contribution is 0.0950. The van der Waals surface area contributed by atoms with E-state index in [4.69, 9.17) is 9.47 Å². The van der Waals surface area contributed by atoms with E-state index in [1.54, 1.807) is 26.8 Å². The van der Waals surface area contributed by atoms with Crippen LogP contribution in [0.4, 0.5) is 0 Å². The summed E-state index contributed by atoms with van der Waals surface area (Å²) in [5.41, 5.74) is 0.672. The van der Waals surface area contributed by atoms with Crippen molar-refractivity contribution in [3.8, 4) is 11.5 Å². The molecule has 0 saturated carbocycles. The number of carbonyl (C=O) groups excluding carboxylic acids is 1. The van der Waals surface area contributed by atoms with Crippen LogP contribution < -0.4 is 19.5 Å². The molecule has 2 aromatic rings. The van der Waals surface area contributed by atoms with Gasteiger partial charge < -0.3 is 14.8 Å². The van der Waals surface area contributed by atoms with Crippen molar-refractivity contribution >= 4 is 15.9 Å². The molecular weight excluding hydrogens is 368 g/mol. The standard InChI is InChI=1S/C19H22N2O5S/c1-19(2,3)21-27(23,24)15-7-5-14(6-8-15)18(22)20-11-13-4-9-16-17(10-13)26-12-25-16/h4-10,21H,11-12H2,1-3H3,(H,20,22). The Balaban J connectivity index is 1.64. The number of rotatable bonds is 5. The molecule has 2 N–H and O–H groups in total. The number of benzene rings is 2. The molecule has 0 aliphatic carbocycles. The Labute approximate surface area is 158 Å². The minimum atomic E-state index is -3.63. The summed E-state index contributed by atoms with van der Waals surface area (Å²) in [6, 6.07) is 11.3. The van der Waals surface area contributed by atoms with Crippen LogP contribution in [0.5, 0.6) is 11.5 Å². The van der Waals surface area contributed by atoms with Crippen molar-refractivity contribution in [2.24, 2.45) is 0 Å². The monoisotopic (exact) mass is 390 g/mol. The van der Waals surface area contributed by atoms with Gasteiger partial charge in [-0.2, -0.15) is 0 Å². The van der Waals surface area contributed by atoms with E-state index in [1.807, 2.05) is 12.1 Å². The first-order chi connectivity index (χ1) is 12.6. The second-order valence-corrected chi connectivity index (χ2v) is 8.93. The zero-order valence-electron chi connectivity index (χ0n) is 15.4. The van der Waals surface area contributed by atoms with Gasteiger partial charge in [0, 0.05) is 17.6 Å². The van der Waals surface area contributed by atoms with E-state index in [-0.39, 0.29) is 17.6 Å². The number of ether oxygens (including phenoxy) is 2. The van der Waals surface area contributed by atoms with Gasteiger partial charge in [0.05, 0.1) is 4.90 Å². The maximum Gasteiger partial charge on any atom is 0.251 e. The largest absolute Gasteiger partial charge is 0.454 e. The summed E-state index contributed by atoms with van der Waals surface area (Å²) in [7, 11) is -3.63. The molecule has 0 radical (unpaired) electrons. The Morgan fingerprint density at radius 2 is 1.70 bits per heavy atom. The minimum absolute atomic E-state index is 0.116. The highest BCUT2D eigenvalue weighted by atomic mass is 32.2. The molecule has 27 heavy (non-hydrogen) atoms. The second-order valence-electron chi connectivity index (χ2n) is 7.25. The van der Waals surface area contributed by atoms with E-state index in [9.17, 15) is 13.2 Å². The fourth-order valence-corrected chi connectivity index (χ4v) is 4.00. The van der Waals surface area contributed by atoms with Gasteiger partial charge >= 0.3 is 0 Å². The van der Waals surface area contributed by atoms with Gasteiger partial charge in [0.2, 0.25) is 16.8 Å². The number of hydrogen-bond acceptors (Lipinski definition) is 5. The number of amides is 1. The number of carbonyl (C=O) groups is 1. The highest BCUT2D eigenvalue weighted by Gasteiger charge is 2.22. The molecule has 1 aliphatic heterocycles. The fraction of sp³-hybridized carbons (Fsp3) is 0.316. The third kappa shape index (κ3) is 4.78. The lowest BCUT2D eigenvalue weighted by Crippen LogP contribution is -2.40. The van der Waals surface area contributed by atoms with Crippen molar-refractivity contribution < 1.29 is 22.7 Å². The van der Waals surface area contributed by atoms with Gasteiger partial charge in [0.1, 0.15) is 0 Å². The van der Waals surface area contributed by atoms with Crippen LogP contribution in [-0.2, 0) is 16.6 Å². The Morgan fingerprint density at radius 1 is 1.04 bits per heavy atom. The van der Waals surface area contributed by atoms with Gasteiger partial charge in [-0.05, 0) is 62.7 Å². The molecule has 144 valence electrons. The first-order valence-electron chi connectivity index (χ1n) is 8.45. The zero-order valence-corrected chi connectivity index (χ0v) is 16.2. The molecule has 1 aliphatic rings. The predicted octanol–water partition coefficient (Wildman–Crippen LogP) is 2.42. The lowest BCUT2D eigenvalue weighted by Gasteiger charge is -2.20. The molecule has 0 atom stereocenters. The molecular formula is C19H22N2O5S. The molecule has 1 amide bonds. The zero-order chi connectivity index (χ0) is 19.7. The molecule has 0 spiro atoms. The minimum Gasteiger partial charge on any atom is -0.454 e. The third-order valence-corrected chi connectivity index (χ3v) is 5.53. The van der Waals surface area contributed by atoms with Crippen molar-refractivity contribution in [1.29, 1.82) is 0 Å². The van der Waals surface area contributed by atoms with Gasteiger partial charge in [-0.25, -0.2) is 13.1 Å². The van der Waals surface area contributed by atoms with Gasteiger partial charge in [-0.15, -0.1) is 0 Å². The molecule has 0 fully saturated rings. The Kier molecular flexibility index (Phi) is 5.12. The Morgan fingerprint density at radius 3 is 2.37 bits per heavy atom. The van der Waals surface area contributed by atoms with E-state index < -0.39 is 15.6 Å². The summed E-state index contributed by atoms with van der Waals surface area (Å²) in [5.74, 6) is 1.05. The van der Waals surface area contributed by atoms with Crippen molar-refractivity contribution in [2.45, 2.75) is 37.8 Å². The number of nitrogens with one attached hydrogen (secondary N) is 2. The summed E-state index contributed by atoms with van der Waals surface area (Å²) in [5, 5.41) is 2.80.